The van der Waals surface area contributed by atoms with Crippen LogP contribution in [0.1, 0.15) is 18.2 Å². The van der Waals surface area contributed by atoms with Crippen LogP contribution in [0.25, 0.3) is 10.9 Å². The van der Waals surface area contributed by atoms with Gasteiger partial charge in [0.25, 0.3) is 0 Å². The van der Waals surface area contributed by atoms with E-state index in [4.69, 9.17) is 5.73 Å². The van der Waals surface area contributed by atoms with E-state index in [1.54, 1.807) is 30.3 Å². The second-order valence-corrected chi connectivity index (χ2v) is 8.07. The number of nitrogens with zero attached hydrogens (tertiary/aromatic N) is 2. The molecule has 3 N–H and O–H groups in total. The zero-order valence-electron chi connectivity index (χ0n) is 13.7. The number of hydroxylamine groups is 2. The van der Waals surface area contributed by atoms with Crippen LogP contribution >= 0.6 is 0 Å². The normalized spacial score (nSPS) is 16.6. The van der Waals surface area contributed by atoms with Gasteiger partial charge in [0.1, 0.15) is 10.9 Å². The van der Waals surface area contributed by atoms with E-state index in [1.807, 2.05) is 16.7 Å². The zero-order chi connectivity index (χ0) is 18.5. The number of para-hydroxylation sites is 1. The highest BCUT2D eigenvalue weighted by Crippen LogP contribution is 2.43. The van der Waals surface area contributed by atoms with Crippen LogP contribution in [0, 0.1) is 0 Å². The molecule has 0 fully saturated rings. The molecule has 0 saturated heterocycles. The van der Waals surface area contributed by atoms with Gasteiger partial charge in [0, 0.05) is 17.4 Å². The first-order valence-electron chi connectivity index (χ1n) is 8.11. The summed E-state index contributed by atoms with van der Waals surface area (Å²) in [6.07, 6.45) is 0.386. The van der Waals surface area contributed by atoms with Crippen molar-refractivity contribution in [3.8, 4) is 0 Å². The Balaban J connectivity index is 2.04. The molecule has 26 heavy (non-hydrogen) atoms. The molecule has 2 aromatic carbocycles. The number of nitrogens with two attached hydrogens (primary N) is 1. The third-order valence-electron chi connectivity index (χ3n) is 4.75. The molecule has 1 unspecified atom stereocenters. The molecular weight excluding hydrogens is 354 g/mol. The summed E-state index contributed by atoms with van der Waals surface area (Å²) < 4.78 is 28.6. The molecule has 7 nitrogen and oxygen atoms in total. The molecule has 3 aromatic rings. The SMILES string of the molecule is NC(=O)N(O)C1CCn2c1c(S(=O)(=O)c1ccccc1)c1ccccc12. The first-order valence-corrected chi connectivity index (χ1v) is 9.60. The van der Waals surface area contributed by atoms with Gasteiger partial charge in [-0.25, -0.2) is 13.2 Å². The number of hydrogen-bond donors (Lipinski definition) is 2. The van der Waals surface area contributed by atoms with Crippen LogP contribution in [-0.2, 0) is 16.4 Å². The Hall–Kier alpha value is -2.84. The average molecular weight is 371 g/mol. The van der Waals surface area contributed by atoms with Gasteiger partial charge in [-0.15, -0.1) is 0 Å². The molecule has 2 amide bonds. The first-order chi connectivity index (χ1) is 12.4. The van der Waals surface area contributed by atoms with Gasteiger partial charge >= 0.3 is 6.03 Å². The van der Waals surface area contributed by atoms with Gasteiger partial charge < -0.3 is 10.3 Å². The minimum atomic E-state index is -3.85. The minimum absolute atomic E-state index is 0.113. The molecule has 1 aromatic heterocycles. The first kappa shape index (κ1) is 16.6. The van der Waals surface area contributed by atoms with Crippen molar-refractivity contribution in [2.45, 2.75) is 28.8 Å². The third kappa shape index (κ3) is 2.30. The lowest BCUT2D eigenvalue weighted by Gasteiger charge is -2.20. The number of carbonyl (C=O) groups is 1. The fourth-order valence-corrected chi connectivity index (χ4v) is 5.38. The van der Waals surface area contributed by atoms with Crippen molar-refractivity contribution in [2.24, 2.45) is 5.73 Å². The van der Waals surface area contributed by atoms with Gasteiger partial charge in [0.2, 0.25) is 9.84 Å². The Labute approximate surface area is 150 Å². The van der Waals surface area contributed by atoms with E-state index in [0.29, 0.717) is 29.1 Å². The summed E-state index contributed by atoms with van der Waals surface area (Å²) in [6, 6.07) is 13.4. The topological polar surface area (TPSA) is 106 Å². The van der Waals surface area contributed by atoms with Crippen molar-refractivity contribution in [3.63, 3.8) is 0 Å². The number of fused-ring (bicyclic) bond motifs is 3. The standard InChI is InChI=1S/C18H17N3O4S/c19-18(22)21(23)15-10-11-20-14-9-5-4-8-13(14)17(16(15)20)26(24,25)12-6-2-1-3-7-12/h1-9,15,23H,10-11H2,(H2,19,22). The van der Waals surface area contributed by atoms with Gasteiger partial charge in [0.15, 0.2) is 0 Å². The molecule has 1 aliphatic rings. The molecule has 0 bridgehead atoms. The van der Waals surface area contributed by atoms with Crippen molar-refractivity contribution < 1.29 is 18.4 Å². The molecular formula is C18H17N3O4S. The number of carbonyl (C=O) groups excluding carboxylic acids is 1. The smallest absolute Gasteiger partial charge is 0.339 e. The minimum Gasteiger partial charge on any atom is -0.350 e. The Kier molecular flexibility index (Phi) is 3.74. The molecule has 0 spiro atoms. The van der Waals surface area contributed by atoms with Crippen LogP contribution < -0.4 is 5.73 Å². The maximum atomic E-state index is 13.4. The highest BCUT2D eigenvalue weighted by Gasteiger charge is 2.39. The van der Waals surface area contributed by atoms with Crippen LogP contribution in [0.3, 0.4) is 0 Å². The van der Waals surface area contributed by atoms with Gasteiger partial charge in [-0.2, -0.15) is 5.06 Å². The second-order valence-electron chi connectivity index (χ2n) is 6.19. The number of aryl methyl sites for hydroxylation is 1. The Morgan fingerprint density at radius 3 is 2.46 bits per heavy atom. The highest BCUT2D eigenvalue weighted by molar-refractivity contribution is 7.91. The third-order valence-corrected chi connectivity index (χ3v) is 6.61. The van der Waals surface area contributed by atoms with E-state index in [1.165, 1.54) is 12.1 Å². The number of hydrogen-bond acceptors (Lipinski definition) is 4. The van der Waals surface area contributed by atoms with Gasteiger partial charge in [-0.3, -0.25) is 5.21 Å². The summed E-state index contributed by atoms with van der Waals surface area (Å²) in [5.74, 6) is 0. The fourth-order valence-electron chi connectivity index (χ4n) is 3.64. The van der Waals surface area contributed by atoms with Crippen LogP contribution in [-0.4, -0.2) is 29.3 Å². The average Bonchev–Trinajstić information content (AvgIpc) is 3.19. The van der Waals surface area contributed by atoms with Crippen molar-refractivity contribution in [1.29, 1.82) is 0 Å². The van der Waals surface area contributed by atoms with E-state index in [9.17, 15) is 18.4 Å². The van der Waals surface area contributed by atoms with Crippen LogP contribution in [0.5, 0.6) is 0 Å². The Morgan fingerprint density at radius 2 is 1.77 bits per heavy atom. The number of primary amides is 1. The summed E-state index contributed by atoms with van der Waals surface area (Å²) >= 11 is 0. The molecule has 8 heteroatoms. The number of benzene rings is 2. The lowest BCUT2D eigenvalue weighted by Crippen LogP contribution is -2.35. The molecule has 0 aliphatic carbocycles. The van der Waals surface area contributed by atoms with Crippen LogP contribution in [0.4, 0.5) is 4.79 Å². The maximum absolute atomic E-state index is 13.4. The van der Waals surface area contributed by atoms with Crippen molar-refractivity contribution in [1.82, 2.24) is 9.63 Å². The molecule has 0 saturated carbocycles. The quantitative estimate of drug-likeness (QED) is 0.545. The lowest BCUT2D eigenvalue weighted by atomic mass is 10.1. The maximum Gasteiger partial charge on any atom is 0.339 e. The van der Waals surface area contributed by atoms with Gasteiger partial charge in [0.05, 0.1) is 10.6 Å². The molecule has 2 heterocycles. The molecule has 134 valence electrons. The monoisotopic (exact) mass is 371 g/mol. The molecule has 1 aliphatic heterocycles. The molecule has 4 rings (SSSR count). The number of urea groups is 1. The van der Waals surface area contributed by atoms with Gasteiger partial charge in [-0.1, -0.05) is 36.4 Å². The van der Waals surface area contributed by atoms with Crippen molar-refractivity contribution >= 4 is 26.8 Å². The number of amides is 2. The number of aromatic nitrogens is 1. The number of sulfone groups is 1. The predicted octanol–water partition coefficient (Wildman–Crippen LogP) is 2.69. The van der Waals surface area contributed by atoms with Crippen molar-refractivity contribution in [3.05, 3.63) is 60.3 Å². The van der Waals surface area contributed by atoms with E-state index >= 15 is 0 Å². The van der Waals surface area contributed by atoms with Crippen LogP contribution in [0.15, 0.2) is 64.4 Å². The second kappa shape index (κ2) is 5.86. The Morgan fingerprint density at radius 1 is 1.12 bits per heavy atom. The summed E-state index contributed by atoms with van der Waals surface area (Å²) in [6.45, 7) is 0.481. The van der Waals surface area contributed by atoms with Gasteiger partial charge in [-0.05, 0) is 24.6 Å². The largest absolute Gasteiger partial charge is 0.350 e. The predicted molar refractivity (Wildman–Crippen MR) is 94.4 cm³/mol. The molecule has 0 radical (unpaired) electrons. The van der Waals surface area contributed by atoms with E-state index in [-0.39, 0.29) is 9.79 Å². The van der Waals surface area contributed by atoms with Crippen molar-refractivity contribution in [2.75, 3.05) is 0 Å². The van der Waals surface area contributed by atoms with Crippen LogP contribution in [0.2, 0.25) is 0 Å². The Bertz CT molecular complexity index is 1110. The highest BCUT2D eigenvalue weighted by atomic mass is 32.2. The summed E-state index contributed by atoms with van der Waals surface area (Å²) in [7, 11) is -3.85. The van der Waals surface area contributed by atoms with E-state index < -0.39 is 21.9 Å². The van der Waals surface area contributed by atoms with E-state index in [0.717, 1.165) is 5.52 Å². The number of rotatable bonds is 3. The summed E-state index contributed by atoms with van der Waals surface area (Å²) in [5, 5.41) is 11.1. The zero-order valence-corrected chi connectivity index (χ0v) is 14.6. The van der Waals surface area contributed by atoms with E-state index in [2.05, 4.69) is 0 Å². The lowest BCUT2D eigenvalue weighted by molar-refractivity contribution is -0.0765. The summed E-state index contributed by atoms with van der Waals surface area (Å²) in [4.78, 5) is 11.8. The molecule has 1 atom stereocenters. The fraction of sp³-hybridized carbons (Fsp3) is 0.167. The summed E-state index contributed by atoms with van der Waals surface area (Å²) in [5.41, 5.74) is 6.35.